The third-order valence-electron chi connectivity index (χ3n) is 9.11. The highest BCUT2D eigenvalue weighted by atomic mass is 35.5. The van der Waals surface area contributed by atoms with E-state index in [1.54, 1.807) is 6.07 Å². The van der Waals surface area contributed by atoms with Crippen molar-refractivity contribution in [2.75, 3.05) is 18.0 Å². The smallest absolute Gasteiger partial charge is 0.255 e. The number of carbonyl (C=O) groups excluding carboxylic acids is 2. The summed E-state index contributed by atoms with van der Waals surface area (Å²) >= 11 is 13.4. The molecule has 2 unspecified atom stereocenters. The molecule has 3 heterocycles. The van der Waals surface area contributed by atoms with Crippen LogP contribution in [0.5, 0.6) is 0 Å². The molecule has 0 spiro atoms. The molecule has 1 aromatic carbocycles. The molecule has 2 saturated carbocycles. The van der Waals surface area contributed by atoms with E-state index in [0.29, 0.717) is 57.4 Å². The van der Waals surface area contributed by atoms with Crippen molar-refractivity contribution in [2.24, 2.45) is 23.2 Å². The summed E-state index contributed by atoms with van der Waals surface area (Å²) in [5.41, 5.74) is 2.90. The molecule has 0 radical (unpaired) electrons. The van der Waals surface area contributed by atoms with Crippen molar-refractivity contribution < 1.29 is 9.59 Å². The van der Waals surface area contributed by atoms with Gasteiger partial charge in [0, 0.05) is 42.5 Å². The second-order valence-corrected chi connectivity index (χ2v) is 14.4. The fourth-order valence-corrected chi connectivity index (χ4v) is 6.84. The Morgan fingerprint density at radius 2 is 1.79 bits per heavy atom. The minimum Gasteiger partial charge on any atom is -0.355 e. The minimum absolute atomic E-state index is 0.0533. The van der Waals surface area contributed by atoms with Crippen LogP contribution in [0.3, 0.4) is 0 Å². The first-order chi connectivity index (χ1) is 20.0. The van der Waals surface area contributed by atoms with Crippen LogP contribution in [0.25, 0.3) is 11.2 Å². The number of aromatic amines is 1. The Balaban J connectivity index is 1.26. The Morgan fingerprint density at radius 1 is 1.07 bits per heavy atom. The number of piperidine rings is 1. The van der Waals surface area contributed by atoms with Crippen LogP contribution >= 0.6 is 23.2 Å². The predicted molar refractivity (Wildman–Crippen MR) is 167 cm³/mol. The summed E-state index contributed by atoms with van der Waals surface area (Å²) in [5.74, 6) is 3.40. The molecule has 3 fully saturated rings. The van der Waals surface area contributed by atoms with Crippen molar-refractivity contribution in [1.29, 1.82) is 0 Å². The molecule has 3 aromatic rings. The summed E-state index contributed by atoms with van der Waals surface area (Å²) in [7, 11) is 0. The van der Waals surface area contributed by atoms with Crippen molar-refractivity contribution in [2.45, 2.75) is 78.8 Å². The molecule has 2 aliphatic carbocycles. The van der Waals surface area contributed by atoms with Gasteiger partial charge in [-0.1, -0.05) is 57.0 Å². The Kier molecular flexibility index (Phi) is 7.90. The Bertz CT molecular complexity index is 1510. The molecule has 2 atom stereocenters. The first-order valence-electron chi connectivity index (χ1n) is 15.2. The van der Waals surface area contributed by atoms with Crippen LogP contribution < -0.4 is 15.5 Å². The fraction of sp³-hybridized carbons (Fsp3) is 0.562. The number of rotatable bonds is 7. The highest BCUT2D eigenvalue weighted by Gasteiger charge is 2.46. The number of aromatic nitrogens is 3. The standard InChI is InChI=1S/C32H40Cl2N6O2/c1-17-5-8-21(9-6-17)36-30(41)23-12-25-28(39-29(23)40-15-19-11-20(19)16-40)38-26(37-25)13-22-24(33)10-7-18(27(22)34)14-35-31(42)32(2,3)4/h7,10,12,17,19-21H,5-6,8-9,11,13-16H2,1-4H3,(H,35,42)(H,36,41)(H,37,38,39). The van der Waals surface area contributed by atoms with Crippen LogP contribution in [0.15, 0.2) is 18.2 Å². The van der Waals surface area contributed by atoms with Gasteiger partial charge in [-0.05, 0) is 73.1 Å². The lowest BCUT2D eigenvalue weighted by molar-refractivity contribution is -0.128. The number of nitrogens with zero attached hydrogens (tertiary/aromatic N) is 3. The predicted octanol–water partition coefficient (Wildman–Crippen LogP) is 6.28. The van der Waals surface area contributed by atoms with Gasteiger partial charge in [-0.3, -0.25) is 9.59 Å². The van der Waals surface area contributed by atoms with Gasteiger partial charge in [-0.15, -0.1) is 0 Å². The number of benzene rings is 1. The van der Waals surface area contributed by atoms with Gasteiger partial charge in [0.05, 0.1) is 16.1 Å². The van der Waals surface area contributed by atoms with Crippen LogP contribution in [0, 0.1) is 23.2 Å². The zero-order chi connectivity index (χ0) is 29.8. The van der Waals surface area contributed by atoms with E-state index in [9.17, 15) is 9.59 Å². The number of nitrogens with one attached hydrogen (secondary N) is 3. The number of halogens is 2. The number of H-pyrrole nitrogens is 1. The molecule has 2 aromatic heterocycles. The molecule has 10 heteroatoms. The zero-order valence-corrected chi connectivity index (χ0v) is 26.3. The van der Waals surface area contributed by atoms with Crippen LogP contribution in [0.4, 0.5) is 5.82 Å². The summed E-state index contributed by atoms with van der Waals surface area (Å²) in [6, 6.07) is 5.74. The van der Waals surface area contributed by atoms with Gasteiger partial charge < -0.3 is 20.5 Å². The lowest BCUT2D eigenvalue weighted by atomic mass is 9.87. The van der Waals surface area contributed by atoms with Gasteiger partial charge in [-0.2, -0.15) is 0 Å². The second kappa shape index (κ2) is 11.3. The molecule has 6 rings (SSSR count). The summed E-state index contributed by atoms with van der Waals surface area (Å²) in [6.07, 6.45) is 5.95. The lowest BCUT2D eigenvalue weighted by Crippen LogP contribution is -2.38. The maximum atomic E-state index is 13.6. The van der Waals surface area contributed by atoms with Gasteiger partial charge in [0.15, 0.2) is 5.65 Å². The minimum atomic E-state index is -0.498. The van der Waals surface area contributed by atoms with E-state index in [2.05, 4.69) is 27.4 Å². The van der Waals surface area contributed by atoms with E-state index in [-0.39, 0.29) is 17.9 Å². The number of pyridine rings is 1. The maximum Gasteiger partial charge on any atom is 0.255 e. The fourth-order valence-electron chi connectivity index (χ4n) is 6.27. The Morgan fingerprint density at radius 3 is 2.48 bits per heavy atom. The highest BCUT2D eigenvalue weighted by Crippen LogP contribution is 2.46. The molecule has 3 aliphatic rings. The van der Waals surface area contributed by atoms with Crippen molar-refractivity contribution in [3.63, 3.8) is 0 Å². The van der Waals surface area contributed by atoms with Crippen molar-refractivity contribution >= 4 is 52.0 Å². The topological polar surface area (TPSA) is 103 Å². The SMILES string of the molecule is CC1CCC(NC(=O)c2cc3[nH]c(Cc4c(Cl)ccc(CNC(=O)C(C)(C)C)c4Cl)nc3nc2N2CC3CC3C2)CC1. The molecule has 42 heavy (non-hydrogen) atoms. The van der Waals surface area contributed by atoms with Crippen molar-refractivity contribution in [1.82, 2.24) is 25.6 Å². The average Bonchev–Trinajstić information content (AvgIpc) is 3.34. The van der Waals surface area contributed by atoms with Gasteiger partial charge in [0.25, 0.3) is 5.91 Å². The van der Waals surface area contributed by atoms with Gasteiger partial charge >= 0.3 is 0 Å². The normalized spacial score (nSPS) is 23.6. The summed E-state index contributed by atoms with van der Waals surface area (Å²) in [5, 5.41) is 7.29. The molecular weight excluding hydrogens is 571 g/mol. The molecule has 1 aliphatic heterocycles. The third-order valence-corrected chi connectivity index (χ3v) is 9.93. The molecule has 1 saturated heterocycles. The maximum absolute atomic E-state index is 13.6. The molecule has 3 N–H and O–H groups in total. The van der Waals surface area contributed by atoms with Crippen LogP contribution in [0.2, 0.25) is 10.0 Å². The van der Waals surface area contributed by atoms with Crippen molar-refractivity contribution in [3.05, 3.63) is 50.8 Å². The van der Waals surface area contributed by atoms with E-state index in [1.165, 1.54) is 6.42 Å². The third kappa shape index (κ3) is 6.11. The quantitative estimate of drug-likeness (QED) is 0.292. The van der Waals surface area contributed by atoms with Gasteiger partial charge in [-0.25, -0.2) is 9.97 Å². The zero-order valence-electron chi connectivity index (χ0n) is 24.8. The molecular formula is C32H40Cl2N6O2. The number of hydrogen-bond acceptors (Lipinski definition) is 5. The van der Waals surface area contributed by atoms with E-state index in [4.69, 9.17) is 33.2 Å². The summed E-state index contributed by atoms with van der Waals surface area (Å²) in [6.45, 7) is 10.1. The first-order valence-corrected chi connectivity index (χ1v) is 15.9. The first kappa shape index (κ1) is 29.2. The molecule has 8 nitrogen and oxygen atoms in total. The van der Waals surface area contributed by atoms with Gasteiger partial charge in [0.1, 0.15) is 11.6 Å². The number of hydrogen-bond donors (Lipinski definition) is 3. The van der Waals surface area contributed by atoms with Crippen molar-refractivity contribution in [3.8, 4) is 0 Å². The van der Waals surface area contributed by atoms with Gasteiger partial charge in [0.2, 0.25) is 5.91 Å². The van der Waals surface area contributed by atoms with E-state index >= 15 is 0 Å². The summed E-state index contributed by atoms with van der Waals surface area (Å²) < 4.78 is 0. The van der Waals surface area contributed by atoms with Crippen LogP contribution in [-0.2, 0) is 17.8 Å². The summed E-state index contributed by atoms with van der Waals surface area (Å²) in [4.78, 5) is 41.4. The van der Waals surface area contributed by atoms with E-state index in [0.717, 1.165) is 61.6 Å². The molecule has 0 bridgehead atoms. The number of imidazole rings is 1. The second-order valence-electron chi connectivity index (χ2n) is 13.6. The number of carbonyl (C=O) groups is 2. The van der Waals surface area contributed by atoms with E-state index < -0.39 is 5.41 Å². The van der Waals surface area contributed by atoms with Crippen LogP contribution in [0.1, 0.15) is 87.1 Å². The molecule has 224 valence electrons. The molecule has 2 amide bonds. The monoisotopic (exact) mass is 610 g/mol. The number of fused-ring (bicyclic) bond motifs is 2. The van der Waals surface area contributed by atoms with Crippen LogP contribution in [-0.4, -0.2) is 45.9 Å². The van der Waals surface area contributed by atoms with E-state index in [1.807, 2.05) is 32.9 Å². The largest absolute Gasteiger partial charge is 0.355 e. The number of anilines is 1. The Hall–Kier alpha value is -2.84. The lowest BCUT2D eigenvalue weighted by Gasteiger charge is -2.28. The average molecular weight is 612 g/mol. The number of amides is 2. The highest BCUT2D eigenvalue weighted by molar-refractivity contribution is 6.36. The Labute approximate surface area is 257 Å².